The number of carbonyl (C=O) groups excluding carboxylic acids is 1. The van der Waals surface area contributed by atoms with E-state index in [-0.39, 0.29) is 29.0 Å². The number of benzene rings is 1. The molecule has 1 saturated heterocycles. The van der Waals surface area contributed by atoms with Gasteiger partial charge in [0.05, 0.1) is 4.92 Å². The van der Waals surface area contributed by atoms with Gasteiger partial charge in [-0.2, -0.15) is 5.10 Å². The Morgan fingerprint density at radius 3 is 2.79 bits per heavy atom. The number of nitro groups is 1. The van der Waals surface area contributed by atoms with Crippen molar-refractivity contribution in [2.45, 2.75) is 32.7 Å². The van der Waals surface area contributed by atoms with E-state index >= 15 is 0 Å². The smallest absolute Gasteiger partial charge is 0.294 e. The second-order valence-corrected chi connectivity index (χ2v) is 7.17. The summed E-state index contributed by atoms with van der Waals surface area (Å²) in [6, 6.07) is 7.31. The van der Waals surface area contributed by atoms with Crippen LogP contribution in [0.1, 0.15) is 35.9 Å². The summed E-state index contributed by atoms with van der Waals surface area (Å²) in [5, 5.41) is 15.6. The molecule has 1 aromatic heterocycles. The van der Waals surface area contributed by atoms with E-state index in [1.165, 1.54) is 22.9 Å². The van der Waals surface area contributed by atoms with E-state index in [1.807, 2.05) is 6.92 Å². The number of para-hydroxylation sites is 2. The van der Waals surface area contributed by atoms with Crippen molar-refractivity contribution in [2.24, 2.45) is 11.7 Å². The highest BCUT2D eigenvalue weighted by Crippen LogP contribution is 2.23. The van der Waals surface area contributed by atoms with E-state index in [0.717, 1.165) is 12.8 Å². The van der Waals surface area contributed by atoms with Gasteiger partial charge in [-0.05, 0) is 38.7 Å². The van der Waals surface area contributed by atoms with Gasteiger partial charge in [-0.3, -0.25) is 19.7 Å². The number of amides is 1. The predicted molar refractivity (Wildman–Crippen MR) is 104 cm³/mol. The first-order valence-electron chi connectivity index (χ1n) is 9.19. The molecule has 1 fully saturated rings. The van der Waals surface area contributed by atoms with Crippen molar-refractivity contribution >= 4 is 11.6 Å². The van der Waals surface area contributed by atoms with Gasteiger partial charge in [0, 0.05) is 37.0 Å². The Morgan fingerprint density at radius 2 is 2.11 bits per heavy atom. The maximum absolute atomic E-state index is 13.0. The lowest BCUT2D eigenvalue weighted by Crippen LogP contribution is -2.46. The first-order valence-corrected chi connectivity index (χ1v) is 9.19. The van der Waals surface area contributed by atoms with Gasteiger partial charge in [-0.1, -0.05) is 12.1 Å². The Labute approximate surface area is 161 Å². The fourth-order valence-corrected chi connectivity index (χ4v) is 3.51. The van der Waals surface area contributed by atoms with E-state index in [0.29, 0.717) is 18.8 Å². The summed E-state index contributed by atoms with van der Waals surface area (Å²) in [5.41, 5.74) is 5.69. The zero-order chi connectivity index (χ0) is 20.4. The lowest BCUT2D eigenvalue weighted by Gasteiger charge is -2.34. The van der Waals surface area contributed by atoms with Gasteiger partial charge >= 0.3 is 0 Å². The molecular formula is C19H23N5O4. The molecule has 2 atom stereocenters. The monoisotopic (exact) mass is 385 g/mol. The SMILES string of the molecule is Cc1cc(=O)c(C(=O)N2CCCC(C(C)N)C2)nn1-c1ccccc1[N+](=O)[O-]. The number of likely N-dealkylation sites (tertiary alicyclic amines) is 1. The number of rotatable bonds is 4. The molecule has 1 aliphatic heterocycles. The van der Waals surface area contributed by atoms with Crippen molar-refractivity contribution in [1.29, 1.82) is 0 Å². The number of piperidine rings is 1. The minimum atomic E-state index is -0.520. The molecule has 0 aliphatic carbocycles. The minimum absolute atomic E-state index is 0.0507. The Balaban J connectivity index is 2.02. The van der Waals surface area contributed by atoms with E-state index in [4.69, 9.17) is 5.73 Å². The number of hydrogen-bond donors (Lipinski definition) is 1. The number of nitro benzene ring substituents is 1. The summed E-state index contributed by atoms with van der Waals surface area (Å²) in [5.74, 6) is -0.303. The number of aromatic nitrogens is 2. The van der Waals surface area contributed by atoms with Crippen LogP contribution in [-0.2, 0) is 0 Å². The molecule has 0 saturated carbocycles. The maximum atomic E-state index is 13.0. The molecule has 28 heavy (non-hydrogen) atoms. The molecule has 9 nitrogen and oxygen atoms in total. The molecule has 1 amide bonds. The topological polar surface area (TPSA) is 124 Å². The van der Waals surface area contributed by atoms with Crippen LogP contribution in [0.4, 0.5) is 5.69 Å². The fourth-order valence-electron chi connectivity index (χ4n) is 3.51. The van der Waals surface area contributed by atoms with Crippen LogP contribution in [0.3, 0.4) is 0 Å². The molecule has 148 valence electrons. The predicted octanol–water partition coefficient (Wildman–Crippen LogP) is 1.65. The van der Waals surface area contributed by atoms with Crippen LogP contribution in [0.2, 0.25) is 0 Å². The average Bonchev–Trinajstić information content (AvgIpc) is 2.67. The van der Waals surface area contributed by atoms with E-state index < -0.39 is 16.3 Å². The minimum Gasteiger partial charge on any atom is -0.337 e. The summed E-state index contributed by atoms with van der Waals surface area (Å²) < 4.78 is 1.28. The van der Waals surface area contributed by atoms with Gasteiger partial charge in [0.15, 0.2) is 5.69 Å². The highest BCUT2D eigenvalue weighted by molar-refractivity contribution is 5.92. The first kappa shape index (κ1) is 19.7. The zero-order valence-corrected chi connectivity index (χ0v) is 15.9. The third-order valence-corrected chi connectivity index (χ3v) is 5.11. The van der Waals surface area contributed by atoms with E-state index in [1.54, 1.807) is 24.0 Å². The van der Waals surface area contributed by atoms with E-state index in [2.05, 4.69) is 5.10 Å². The van der Waals surface area contributed by atoms with Gasteiger partial charge in [0.2, 0.25) is 5.43 Å². The third-order valence-electron chi connectivity index (χ3n) is 5.11. The van der Waals surface area contributed by atoms with Crippen LogP contribution in [0, 0.1) is 23.0 Å². The van der Waals surface area contributed by atoms with Gasteiger partial charge in [0.25, 0.3) is 11.6 Å². The van der Waals surface area contributed by atoms with Gasteiger partial charge in [0.1, 0.15) is 5.69 Å². The Morgan fingerprint density at radius 1 is 1.39 bits per heavy atom. The van der Waals surface area contributed by atoms with E-state index in [9.17, 15) is 19.7 Å². The van der Waals surface area contributed by atoms with Crippen LogP contribution in [-0.4, -0.2) is 44.6 Å². The molecule has 2 heterocycles. The van der Waals surface area contributed by atoms with Gasteiger partial charge < -0.3 is 10.6 Å². The van der Waals surface area contributed by atoms with Crippen molar-refractivity contribution in [3.05, 3.63) is 62.1 Å². The Kier molecular flexibility index (Phi) is 5.55. The third kappa shape index (κ3) is 3.79. The van der Waals surface area contributed by atoms with Gasteiger partial charge in [-0.25, -0.2) is 4.68 Å². The van der Waals surface area contributed by atoms with Crippen molar-refractivity contribution in [3.8, 4) is 5.69 Å². The largest absolute Gasteiger partial charge is 0.337 e. The molecule has 3 rings (SSSR count). The molecule has 0 spiro atoms. The Hall–Kier alpha value is -3.07. The van der Waals surface area contributed by atoms with Crippen LogP contribution < -0.4 is 11.2 Å². The van der Waals surface area contributed by atoms with Crippen molar-refractivity contribution in [3.63, 3.8) is 0 Å². The zero-order valence-electron chi connectivity index (χ0n) is 15.9. The number of hydrogen-bond acceptors (Lipinski definition) is 6. The summed E-state index contributed by atoms with van der Waals surface area (Å²) in [7, 11) is 0. The second-order valence-electron chi connectivity index (χ2n) is 7.17. The first-order chi connectivity index (χ1) is 13.3. The molecule has 2 aromatic rings. The number of aryl methyl sites for hydroxylation is 1. The maximum Gasteiger partial charge on any atom is 0.294 e. The number of nitrogens with two attached hydrogens (primary N) is 1. The summed E-state index contributed by atoms with van der Waals surface area (Å²) in [6.45, 7) is 4.52. The highest BCUT2D eigenvalue weighted by atomic mass is 16.6. The van der Waals surface area contributed by atoms with Crippen LogP contribution >= 0.6 is 0 Å². The van der Waals surface area contributed by atoms with Crippen molar-refractivity contribution < 1.29 is 9.72 Å². The lowest BCUT2D eigenvalue weighted by atomic mass is 9.92. The van der Waals surface area contributed by atoms with Crippen molar-refractivity contribution in [1.82, 2.24) is 14.7 Å². The molecule has 0 bridgehead atoms. The molecule has 1 aromatic carbocycles. The lowest BCUT2D eigenvalue weighted by molar-refractivity contribution is -0.384. The van der Waals surface area contributed by atoms with Crippen LogP contribution in [0.5, 0.6) is 0 Å². The molecule has 2 N–H and O–H groups in total. The number of carbonyl (C=O) groups is 1. The molecule has 1 aliphatic rings. The van der Waals surface area contributed by atoms with Crippen LogP contribution in [0.15, 0.2) is 35.1 Å². The molecule has 9 heteroatoms. The summed E-state index contributed by atoms with van der Waals surface area (Å²) >= 11 is 0. The standard InChI is InChI=1S/C19H23N5O4/c1-12-10-17(25)18(19(26)22-9-5-6-14(11-22)13(2)20)21-23(12)15-7-3-4-8-16(15)24(27)28/h3-4,7-8,10,13-14H,5-6,9,11,20H2,1-2H3. The van der Waals surface area contributed by atoms with Crippen molar-refractivity contribution in [2.75, 3.05) is 13.1 Å². The molecule has 0 radical (unpaired) electrons. The molecule has 2 unspecified atom stereocenters. The Bertz CT molecular complexity index is 969. The average molecular weight is 385 g/mol. The molecular weight excluding hydrogens is 362 g/mol. The van der Waals surface area contributed by atoms with Crippen LogP contribution in [0.25, 0.3) is 5.69 Å². The second kappa shape index (κ2) is 7.89. The fraction of sp³-hybridized carbons (Fsp3) is 0.421. The highest BCUT2D eigenvalue weighted by Gasteiger charge is 2.29. The summed E-state index contributed by atoms with van der Waals surface area (Å²) in [6.07, 6.45) is 1.74. The quantitative estimate of drug-likeness (QED) is 0.630. The van der Waals surface area contributed by atoms with Gasteiger partial charge in [-0.15, -0.1) is 0 Å². The summed E-state index contributed by atoms with van der Waals surface area (Å²) in [4.78, 5) is 37.9. The normalized spacial score (nSPS) is 18.0. The number of nitrogens with zero attached hydrogens (tertiary/aromatic N) is 4.